The summed E-state index contributed by atoms with van der Waals surface area (Å²) in [6, 6.07) is 0. The largest absolute Gasteiger partial charge is 0.430 e. The first kappa shape index (κ1) is 19.9. The Labute approximate surface area is 142 Å². The molecule has 0 heterocycles. The normalized spacial score (nSPS) is 18.5. The van der Waals surface area contributed by atoms with Crippen molar-refractivity contribution in [3.63, 3.8) is 0 Å². The lowest BCUT2D eigenvalue weighted by molar-refractivity contribution is -0.140. The monoisotopic (exact) mass is 338 g/mol. The Balaban J connectivity index is 3.26. The molecular formula is C17H26N2O5. The Morgan fingerprint density at radius 2 is 1.96 bits per heavy atom. The zero-order valence-electron chi connectivity index (χ0n) is 15.0. The van der Waals surface area contributed by atoms with Gasteiger partial charge in [-0.3, -0.25) is 24.7 Å². The van der Waals surface area contributed by atoms with Gasteiger partial charge in [0.25, 0.3) is 0 Å². The van der Waals surface area contributed by atoms with Crippen molar-refractivity contribution in [3.05, 3.63) is 23.1 Å². The number of allylic oxidation sites excluding steroid dienone is 3. The van der Waals surface area contributed by atoms with Gasteiger partial charge in [-0.2, -0.15) is 0 Å². The van der Waals surface area contributed by atoms with Crippen LogP contribution in [0.25, 0.3) is 0 Å². The quantitative estimate of drug-likeness (QED) is 0.562. The predicted octanol–water partition coefficient (Wildman–Crippen LogP) is 1.71. The summed E-state index contributed by atoms with van der Waals surface area (Å²) in [5, 5.41) is 0. The van der Waals surface area contributed by atoms with Crippen LogP contribution in [0, 0.1) is 5.92 Å². The fourth-order valence-corrected chi connectivity index (χ4v) is 2.53. The fourth-order valence-electron chi connectivity index (χ4n) is 2.53. The van der Waals surface area contributed by atoms with Gasteiger partial charge in [-0.15, -0.1) is 0 Å². The summed E-state index contributed by atoms with van der Waals surface area (Å²) < 4.78 is 5.25. The molecule has 1 aliphatic rings. The maximum Gasteiger partial charge on any atom is 0.307 e. The summed E-state index contributed by atoms with van der Waals surface area (Å²) in [4.78, 5) is 42.9. The summed E-state index contributed by atoms with van der Waals surface area (Å²) in [5.74, 6) is -1.25. The van der Waals surface area contributed by atoms with Crippen molar-refractivity contribution in [2.45, 2.75) is 40.0 Å². The predicted molar refractivity (Wildman–Crippen MR) is 88.4 cm³/mol. The summed E-state index contributed by atoms with van der Waals surface area (Å²) in [6.07, 6.45) is 2.73. The maximum absolute atomic E-state index is 12.6. The Bertz CT molecular complexity index is 563. The molecule has 0 saturated heterocycles. The number of hydroxylamine groups is 1. The number of rotatable bonds is 7. The molecule has 7 heteroatoms. The number of amides is 1. The molecule has 0 saturated carbocycles. The van der Waals surface area contributed by atoms with Crippen molar-refractivity contribution in [1.29, 1.82) is 0 Å². The second kappa shape index (κ2) is 9.22. The van der Waals surface area contributed by atoms with Gasteiger partial charge >= 0.3 is 5.97 Å². The van der Waals surface area contributed by atoms with Gasteiger partial charge in [0.15, 0.2) is 5.78 Å². The molecule has 1 atom stereocenters. The van der Waals surface area contributed by atoms with E-state index in [1.165, 1.54) is 11.8 Å². The van der Waals surface area contributed by atoms with E-state index >= 15 is 0 Å². The maximum atomic E-state index is 12.6. The molecule has 134 valence electrons. The molecule has 0 bridgehead atoms. The number of carbonyl (C=O) groups excluding carboxylic acids is 3. The lowest BCUT2D eigenvalue weighted by Gasteiger charge is -2.27. The molecule has 0 spiro atoms. The molecule has 0 fully saturated rings. The average molecular weight is 338 g/mol. The molecule has 0 radical (unpaired) electrons. The van der Waals surface area contributed by atoms with Crippen molar-refractivity contribution < 1.29 is 24.0 Å². The number of ether oxygens (including phenoxy) is 1. The van der Waals surface area contributed by atoms with Crippen molar-refractivity contribution in [1.82, 2.24) is 10.4 Å². The van der Waals surface area contributed by atoms with Gasteiger partial charge in [-0.05, 0) is 13.3 Å². The number of carbonyl (C=O) groups is 3. The summed E-state index contributed by atoms with van der Waals surface area (Å²) in [7, 11) is 3.27. The lowest BCUT2D eigenvalue weighted by atomic mass is 9.84. The minimum Gasteiger partial charge on any atom is -0.430 e. The summed E-state index contributed by atoms with van der Waals surface area (Å²) in [6.45, 7) is 5.41. The third-order valence-electron chi connectivity index (χ3n) is 3.48. The molecule has 1 N–H and O–H groups in total. The van der Waals surface area contributed by atoms with Crippen LogP contribution in [0.3, 0.4) is 0 Å². The third kappa shape index (κ3) is 5.19. The Hall–Kier alpha value is -2.15. The number of Topliss-reactive ketones (excluding diaryl/α,β-unsaturated/α-hetero) is 1. The van der Waals surface area contributed by atoms with Gasteiger partial charge < -0.3 is 9.64 Å². The van der Waals surface area contributed by atoms with Crippen LogP contribution < -0.4 is 5.48 Å². The Kier molecular flexibility index (Phi) is 7.64. The average Bonchev–Trinajstić information content (AvgIpc) is 2.50. The zero-order valence-corrected chi connectivity index (χ0v) is 15.0. The van der Waals surface area contributed by atoms with Crippen LogP contribution in [-0.2, 0) is 24.0 Å². The highest BCUT2D eigenvalue weighted by Gasteiger charge is 2.35. The van der Waals surface area contributed by atoms with Crippen LogP contribution in [0.2, 0.25) is 0 Å². The summed E-state index contributed by atoms with van der Waals surface area (Å²) in [5.41, 5.74) is 3.49. The second-order valence-corrected chi connectivity index (χ2v) is 5.71. The molecule has 1 aliphatic carbocycles. The fraction of sp³-hybridized carbons (Fsp3) is 0.588. The highest BCUT2D eigenvalue weighted by molar-refractivity contribution is 6.03. The van der Waals surface area contributed by atoms with E-state index in [1.807, 2.05) is 13.8 Å². The Morgan fingerprint density at radius 1 is 1.29 bits per heavy atom. The standard InChI is InChI=1S/C17H26N2O5/c1-6-8-13(18-23-7-2)16-14(21)9-12(17(22)19(4)5)10-15(16)24-11(3)20/h8,12,18H,6-7,9-10H2,1-5H3. The highest BCUT2D eigenvalue weighted by Crippen LogP contribution is 2.32. The van der Waals surface area contributed by atoms with Gasteiger partial charge in [-0.25, -0.2) is 0 Å². The SMILES string of the molecule is CCC=C(NOCC)C1=C(OC(C)=O)CC(C(=O)N(C)C)CC1=O. The number of nitrogens with zero attached hydrogens (tertiary/aromatic N) is 1. The van der Waals surface area contributed by atoms with Crippen LogP contribution in [0.15, 0.2) is 23.1 Å². The second-order valence-electron chi connectivity index (χ2n) is 5.71. The van der Waals surface area contributed by atoms with Crippen LogP contribution in [0.4, 0.5) is 0 Å². The number of ketones is 1. The number of esters is 1. The number of hydrogen-bond acceptors (Lipinski definition) is 6. The van der Waals surface area contributed by atoms with E-state index in [0.717, 1.165) is 0 Å². The molecule has 1 rings (SSSR count). The molecule has 0 aromatic rings. The van der Waals surface area contributed by atoms with E-state index in [0.29, 0.717) is 18.7 Å². The molecule has 7 nitrogen and oxygen atoms in total. The minimum atomic E-state index is -0.527. The topological polar surface area (TPSA) is 84.9 Å². The molecule has 0 aromatic heterocycles. The zero-order chi connectivity index (χ0) is 18.3. The van der Waals surface area contributed by atoms with E-state index in [2.05, 4.69) is 5.48 Å². The molecule has 1 unspecified atom stereocenters. The van der Waals surface area contributed by atoms with Crippen LogP contribution in [0.1, 0.15) is 40.0 Å². The highest BCUT2D eigenvalue weighted by atomic mass is 16.6. The van der Waals surface area contributed by atoms with E-state index in [1.54, 1.807) is 20.2 Å². The molecule has 0 aromatic carbocycles. The van der Waals surface area contributed by atoms with E-state index in [4.69, 9.17) is 9.57 Å². The van der Waals surface area contributed by atoms with Crippen LogP contribution in [0.5, 0.6) is 0 Å². The van der Waals surface area contributed by atoms with Crippen LogP contribution in [-0.4, -0.2) is 43.3 Å². The smallest absolute Gasteiger partial charge is 0.307 e. The Morgan fingerprint density at radius 3 is 2.46 bits per heavy atom. The van der Waals surface area contributed by atoms with E-state index < -0.39 is 11.9 Å². The minimum absolute atomic E-state index is 0.0754. The molecule has 0 aliphatic heterocycles. The molecule has 1 amide bonds. The van der Waals surface area contributed by atoms with E-state index in [-0.39, 0.29) is 35.9 Å². The first-order valence-corrected chi connectivity index (χ1v) is 8.05. The third-order valence-corrected chi connectivity index (χ3v) is 3.48. The van der Waals surface area contributed by atoms with Crippen molar-refractivity contribution in [2.75, 3.05) is 20.7 Å². The summed E-state index contributed by atoms with van der Waals surface area (Å²) >= 11 is 0. The molecule has 24 heavy (non-hydrogen) atoms. The van der Waals surface area contributed by atoms with Crippen molar-refractivity contribution >= 4 is 17.7 Å². The first-order valence-electron chi connectivity index (χ1n) is 8.05. The number of nitrogens with one attached hydrogen (secondary N) is 1. The lowest BCUT2D eigenvalue weighted by Crippen LogP contribution is -2.36. The van der Waals surface area contributed by atoms with Crippen molar-refractivity contribution in [3.8, 4) is 0 Å². The molecular weight excluding hydrogens is 312 g/mol. The van der Waals surface area contributed by atoms with Gasteiger partial charge in [0.1, 0.15) is 5.76 Å². The van der Waals surface area contributed by atoms with Gasteiger partial charge in [0.2, 0.25) is 5.91 Å². The first-order chi connectivity index (χ1) is 11.3. The number of hydrogen-bond donors (Lipinski definition) is 1. The van der Waals surface area contributed by atoms with E-state index in [9.17, 15) is 14.4 Å². The van der Waals surface area contributed by atoms with Gasteiger partial charge in [-0.1, -0.05) is 13.0 Å². The van der Waals surface area contributed by atoms with Gasteiger partial charge in [0.05, 0.1) is 23.8 Å². The van der Waals surface area contributed by atoms with Gasteiger partial charge in [0, 0.05) is 33.9 Å². The van der Waals surface area contributed by atoms with Crippen molar-refractivity contribution in [2.24, 2.45) is 5.92 Å². The van der Waals surface area contributed by atoms with Crippen LogP contribution >= 0.6 is 0 Å².